The zero-order valence-corrected chi connectivity index (χ0v) is 8.21. The Balaban J connectivity index is 2.33. The fourth-order valence-electron chi connectivity index (χ4n) is 1.36. The van der Waals surface area contributed by atoms with E-state index in [-0.39, 0.29) is 0 Å². The van der Waals surface area contributed by atoms with E-state index in [0.29, 0.717) is 0 Å². The van der Waals surface area contributed by atoms with Gasteiger partial charge in [0.2, 0.25) is 0 Å². The summed E-state index contributed by atoms with van der Waals surface area (Å²) in [6, 6.07) is 0. The predicted molar refractivity (Wildman–Crippen MR) is 54.2 cm³/mol. The Bertz CT molecular complexity index is 177. The molecule has 1 heteroatoms. The Kier molecular flexibility index (Phi) is 4.09. The van der Waals surface area contributed by atoms with Crippen molar-refractivity contribution in [3.8, 4) is 0 Å². The molecule has 1 aliphatic carbocycles. The normalized spacial score (nSPS) is 17.8. The number of hydrogen-bond donors (Lipinski definition) is 0. The second-order valence-corrected chi connectivity index (χ2v) is 3.67. The van der Waals surface area contributed by atoms with Crippen molar-refractivity contribution in [2.75, 3.05) is 20.6 Å². The van der Waals surface area contributed by atoms with Crippen LogP contribution in [0.3, 0.4) is 0 Å². The minimum atomic E-state index is 1.16. The Labute approximate surface area is 75.8 Å². The van der Waals surface area contributed by atoms with Crippen LogP contribution in [0.1, 0.15) is 25.7 Å². The molecule has 68 valence electrons. The molecule has 0 radical (unpaired) electrons. The molecular weight excluding hydrogens is 146 g/mol. The minimum absolute atomic E-state index is 1.16. The number of nitrogens with zero attached hydrogens (tertiary/aromatic N) is 1. The molecule has 0 aromatic carbocycles. The lowest BCUT2D eigenvalue weighted by atomic mass is 10.1. The highest BCUT2D eigenvalue weighted by atomic mass is 15.0. The smallest absolute Gasteiger partial charge is 0.00156 e. The molecule has 1 nitrogen and oxygen atoms in total. The lowest BCUT2D eigenvalue weighted by molar-refractivity contribution is 0.414. The van der Waals surface area contributed by atoms with Crippen LogP contribution < -0.4 is 0 Å². The topological polar surface area (TPSA) is 3.24 Å². The first-order chi connectivity index (χ1) is 5.79. The molecule has 0 unspecified atom stereocenters. The summed E-state index contributed by atoms with van der Waals surface area (Å²) < 4.78 is 0. The van der Waals surface area contributed by atoms with Gasteiger partial charge in [-0.05, 0) is 39.8 Å². The number of allylic oxidation sites excluding steroid dienone is 3. The number of rotatable bonds is 3. The Hall–Kier alpha value is -0.560. The van der Waals surface area contributed by atoms with Gasteiger partial charge in [0, 0.05) is 6.54 Å². The van der Waals surface area contributed by atoms with E-state index in [1.165, 1.54) is 31.3 Å². The maximum absolute atomic E-state index is 2.38. The van der Waals surface area contributed by atoms with Crippen molar-refractivity contribution in [3.05, 3.63) is 23.8 Å². The molecule has 1 aliphatic rings. The molecule has 0 amide bonds. The molecule has 12 heavy (non-hydrogen) atoms. The highest BCUT2D eigenvalue weighted by Crippen LogP contribution is 2.12. The quantitative estimate of drug-likeness (QED) is 0.621. The first kappa shape index (κ1) is 9.53. The van der Waals surface area contributed by atoms with Crippen LogP contribution in [-0.4, -0.2) is 25.5 Å². The van der Waals surface area contributed by atoms with Gasteiger partial charge in [0.05, 0.1) is 0 Å². The van der Waals surface area contributed by atoms with Crippen molar-refractivity contribution in [2.45, 2.75) is 25.7 Å². The first-order valence-corrected chi connectivity index (χ1v) is 4.79. The fourth-order valence-corrected chi connectivity index (χ4v) is 1.36. The summed E-state index contributed by atoms with van der Waals surface area (Å²) in [6.07, 6.45) is 12.0. The monoisotopic (exact) mass is 165 g/mol. The summed E-state index contributed by atoms with van der Waals surface area (Å²) in [5.41, 5.74) is 1.52. The van der Waals surface area contributed by atoms with Crippen molar-refractivity contribution < 1.29 is 0 Å². The van der Waals surface area contributed by atoms with E-state index in [1.54, 1.807) is 0 Å². The molecule has 0 spiro atoms. The molecular formula is C11H19N. The van der Waals surface area contributed by atoms with Gasteiger partial charge in [-0.3, -0.25) is 0 Å². The Morgan fingerprint density at radius 1 is 1.33 bits per heavy atom. The van der Waals surface area contributed by atoms with Gasteiger partial charge in [0.15, 0.2) is 0 Å². The second-order valence-electron chi connectivity index (χ2n) is 3.67. The third-order valence-electron chi connectivity index (χ3n) is 2.16. The molecule has 1 rings (SSSR count). The van der Waals surface area contributed by atoms with Gasteiger partial charge in [-0.15, -0.1) is 0 Å². The van der Waals surface area contributed by atoms with E-state index in [2.05, 4.69) is 37.2 Å². The van der Waals surface area contributed by atoms with Gasteiger partial charge >= 0.3 is 0 Å². The number of hydrogen-bond acceptors (Lipinski definition) is 1. The maximum atomic E-state index is 2.38. The van der Waals surface area contributed by atoms with E-state index in [1.807, 2.05) is 0 Å². The van der Waals surface area contributed by atoms with Crippen LogP contribution in [0.2, 0.25) is 0 Å². The van der Waals surface area contributed by atoms with E-state index in [9.17, 15) is 0 Å². The zero-order valence-electron chi connectivity index (χ0n) is 8.21. The van der Waals surface area contributed by atoms with Crippen molar-refractivity contribution in [3.63, 3.8) is 0 Å². The molecule has 0 N–H and O–H groups in total. The minimum Gasteiger partial charge on any atom is -0.309 e. The summed E-state index contributed by atoms with van der Waals surface area (Å²) in [7, 11) is 4.25. The standard InChI is InChI=1S/C11H19N/c1-12(2)10-9-11-7-5-3-4-6-8-11/h5,7-8H,3-4,6,9-10H2,1-2H3. The van der Waals surface area contributed by atoms with Crippen LogP contribution in [0.25, 0.3) is 0 Å². The summed E-state index contributed by atoms with van der Waals surface area (Å²) >= 11 is 0. The van der Waals surface area contributed by atoms with Crippen molar-refractivity contribution in [1.82, 2.24) is 4.90 Å². The van der Waals surface area contributed by atoms with Crippen LogP contribution in [0.5, 0.6) is 0 Å². The predicted octanol–water partition coefficient (Wildman–Crippen LogP) is 2.60. The van der Waals surface area contributed by atoms with Gasteiger partial charge in [-0.25, -0.2) is 0 Å². The Morgan fingerprint density at radius 2 is 2.17 bits per heavy atom. The van der Waals surface area contributed by atoms with E-state index in [4.69, 9.17) is 0 Å². The van der Waals surface area contributed by atoms with Crippen LogP contribution in [0, 0.1) is 0 Å². The molecule has 0 fully saturated rings. The first-order valence-electron chi connectivity index (χ1n) is 4.79. The van der Waals surface area contributed by atoms with E-state index in [0.717, 1.165) is 6.54 Å². The summed E-state index contributed by atoms with van der Waals surface area (Å²) in [6.45, 7) is 1.16. The summed E-state index contributed by atoms with van der Waals surface area (Å²) in [5.74, 6) is 0. The second kappa shape index (κ2) is 5.15. The van der Waals surface area contributed by atoms with Crippen LogP contribution >= 0.6 is 0 Å². The van der Waals surface area contributed by atoms with E-state index >= 15 is 0 Å². The largest absolute Gasteiger partial charge is 0.309 e. The average Bonchev–Trinajstić information content (AvgIpc) is 2.28. The van der Waals surface area contributed by atoms with Gasteiger partial charge in [-0.2, -0.15) is 0 Å². The summed E-state index contributed by atoms with van der Waals surface area (Å²) in [5, 5.41) is 0. The maximum Gasteiger partial charge on any atom is 0.00156 e. The Morgan fingerprint density at radius 3 is 2.92 bits per heavy atom. The van der Waals surface area contributed by atoms with Gasteiger partial charge in [0.1, 0.15) is 0 Å². The molecule has 0 atom stereocenters. The molecule has 0 saturated heterocycles. The molecule has 0 saturated carbocycles. The highest BCUT2D eigenvalue weighted by molar-refractivity contribution is 5.20. The lowest BCUT2D eigenvalue weighted by Gasteiger charge is -2.09. The fraction of sp³-hybridized carbons (Fsp3) is 0.636. The van der Waals surface area contributed by atoms with Crippen LogP contribution in [0.4, 0.5) is 0 Å². The van der Waals surface area contributed by atoms with Crippen molar-refractivity contribution in [1.29, 1.82) is 0 Å². The van der Waals surface area contributed by atoms with E-state index < -0.39 is 0 Å². The van der Waals surface area contributed by atoms with Crippen molar-refractivity contribution in [2.24, 2.45) is 0 Å². The highest BCUT2D eigenvalue weighted by Gasteiger charge is 1.97. The molecule has 0 aromatic heterocycles. The molecule has 0 aliphatic heterocycles. The molecule has 0 aromatic rings. The average molecular weight is 165 g/mol. The third-order valence-corrected chi connectivity index (χ3v) is 2.16. The lowest BCUT2D eigenvalue weighted by Crippen LogP contribution is -2.13. The molecule has 0 heterocycles. The van der Waals surface area contributed by atoms with Crippen LogP contribution in [0.15, 0.2) is 23.8 Å². The zero-order chi connectivity index (χ0) is 8.81. The SMILES string of the molecule is CN(C)CCC1=CCCCC=C1. The third kappa shape index (κ3) is 3.72. The van der Waals surface area contributed by atoms with Gasteiger partial charge < -0.3 is 4.90 Å². The van der Waals surface area contributed by atoms with Gasteiger partial charge in [0.25, 0.3) is 0 Å². The summed E-state index contributed by atoms with van der Waals surface area (Å²) in [4.78, 5) is 2.24. The van der Waals surface area contributed by atoms with Crippen LogP contribution in [-0.2, 0) is 0 Å². The van der Waals surface area contributed by atoms with Crippen molar-refractivity contribution >= 4 is 0 Å². The van der Waals surface area contributed by atoms with Gasteiger partial charge in [-0.1, -0.05) is 23.8 Å². The molecule has 0 bridgehead atoms.